The van der Waals surface area contributed by atoms with E-state index in [4.69, 9.17) is 5.73 Å². The lowest BCUT2D eigenvalue weighted by atomic mass is 9.54. The fraction of sp³-hybridized carbons (Fsp3) is 0.706. The molecule has 4 aliphatic carbocycles. The van der Waals surface area contributed by atoms with Crippen molar-refractivity contribution in [1.29, 1.82) is 0 Å². The standard InChI is InChI=1S/C17H25N3/c1-2-20(15-3-4-19-16(18)10-15)17-13-6-11-5-12(8-13)9-14(17)7-11/h3-4,10-14,17H,2,5-9H2,1H3,(H2,18,19). The minimum atomic E-state index is 0.643. The predicted molar refractivity (Wildman–Crippen MR) is 82.5 cm³/mol. The van der Waals surface area contributed by atoms with Crippen LogP contribution in [0, 0.1) is 23.7 Å². The summed E-state index contributed by atoms with van der Waals surface area (Å²) in [5, 5.41) is 0. The lowest BCUT2D eigenvalue weighted by Gasteiger charge is -2.57. The molecule has 0 unspecified atom stereocenters. The molecule has 0 spiro atoms. The molecule has 5 rings (SSSR count). The fourth-order valence-corrected chi connectivity index (χ4v) is 5.59. The summed E-state index contributed by atoms with van der Waals surface area (Å²) in [5.41, 5.74) is 7.16. The third kappa shape index (κ3) is 1.90. The van der Waals surface area contributed by atoms with Gasteiger partial charge in [-0.3, -0.25) is 0 Å². The second kappa shape index (κ2) is 4.64. The van der Waals surface area contributed by atoms with E-state index < -0.39 is 0 Å². The van der Waals surface area contributed by atoms with Crippen molar-refractivity contribution in [3.8, 4) is 0 Å². The number of nitrogen functional groups attached to an aromatic ring is 1. The number of nitrogens with zero attached hydrogens (tertiary/aromatic N) is 2. The van der Waals surface area contributed by atoms with Gasteiger partial charge in [0.25, 0.3) is 0 Å². The van der Waals surface area contributed by atoms with Crippen LogP contribution in [0.5, 0.6) is 0 Å². The van der Waals surface area contributed by atoms with Crippen molar-refractivity contribution in [2.45, 2.75) is 45.1 Å². The van der Waals surface area contributed by atoms with Crippen LogP contribution < -0.4 is 10.6 Å². The molecule has 0 saturated heterocycles. The molecule has 0 aromatic carbocycles. The summed E-state index contributed by atoms with van der Waals surface area (Å²) in [7, 11) is 0. The Morgan fingerprint density at radius 2 is 1.80 bits per heavy atom. The number of nitrogens with two attached hydrogens (primary N) is 1. The molecular formula is C17H25N3. The molecule has 4 bridgehead atoms. The van der Waals surface area contributed by atoms with Gasteiger partial charge in [-0.25, -0.2) is 4.98 Å². The highest BCUT2D eigenvalue weighted by Gasteiger charge is 2.49. The topological polar surface area (TPSA) is 42.2 Å². The Morgan fingerprint density at radius 3 is 2.35 bits per heavy atom. The first-order chi connectivity index (χ1) is 9.74. The van der Waals surface area contributed by atoms with Gasteiger partial charge in [-0.1, -0.05) is 0 Å². The molecule has 2 N–H and O–H groups in total. The maximum absolute atomic E-state index is 5.89. The van der Waals surface area contributed by atoms with Crippen molar-refractivity contribution < 1.29 is 0 Å². The Morgan fingerprint density at radius 1 is 1.15 bits per heavy atom. The number of aromatic nitrogens is 1. The summed E-state index contributed by atoms with van der Waals surface area (Å²) in [4.78, 5) is 6.76. The van der Waals surface area contributed by atoms with E-state index in [0.29, 0.717) is 5.82 Å². The normalized spacial score (nSPS) is 38.1. The zero-order valence-corrected chi connectivity index (χ0v) is 12.3. The highest BCUT2D eigenvalue weighted by Crippen LogP contribution is 2.55. The summed E-state index contributed by atoms with van der Waals surface area (Å²) < 4.78 is 0. The molecule has 4 fully saturated rings. The lowest BCUT2D eigenvalue weighted by Crippen LogP contribution is -2.56. The summed E-state index contributed by atoms with van der Waals surface area (Å²) >= 11 is 0. The van der Waals surface area contributed by atoms with Gasteiger partial charge in [0.1, 0.15) is 5.82 Å². The molecule has 3 nitrogen and oxygen atoms in total. The largest absolute Gasteiger partial charge is 0.384 e. The number of rotatable bonds is 3. The molecule has 4 aliphatic rings. The third-order valence-corrected chi connectivity index (χ3v) is 5.97. The predicted octanol–water partition coefficient (Wildman–Crippen LogP) is 3.31. The average Bonchev–Trinajstić information content (AvgIpc) is 2.42. The van der Waals surface area contributed by atoms with Gasteiger partial charge in [0, 0.05) is 30.5 Å². The molecule has 0 aliphatic heterocycles. The zero-order chi connectivity index (χ0) is 13.7. The van der Waals surface area contributed by atoms with Crippen molar-refractivity contribution in [3.63, 3.8) is 0 Å². The van der Waals surface area contributed by atoms with Crippen LogP contribution in [0.15, 0.2) is 18.3 Å². The van der Waals surface area contributed by atoms with Crippen molar-refractivity contribution >= 4 is 11.5 Å². The second-order valence-corrected chi connectivity index (χ2v) is 7.15. The lowest BCUT2D eigenvalue weighted by molar-refractivity contribution is -0.00254. The van der Waals surface area contributed by atoms with Gasteiger partial charge >= 0.3 is 0 Å². The molecule has 108 valence electrons. The van der Waals surface area contributed by atoms with Gasteiger partial charge in [-0.05, 0) is 68.8 Å². The van der Waals surface area contributed by atoms with Crippen LogP contribution in [0.1, 0.15) is 39.0 Å². The van der Waals surface area contributed by atoms with Crippen molar-refractivity contribution in [2.75, 3.05) is 17.2 Å². The van der Waals surface area contributed by atoms with E-state index in [9.17, 15) is 0 Å². The smallest absolute Gasteiger partial charge is 0.125 e. The minimum absolute atomic E-state index is 0.643. The van der Waals surface area contributed by atoms with Crippen LogP contribution in [-0.2, 0) is 0 Å². The molecule has 0 amide bonds. The molecule has 1 heterocycles. The highest BCUT2D eigenvalue weighted by atomic mass is 15.2. The number of anilines is 2. The van der Waals surface area contributed by atoms with Crippen LogP contribution in [0.2, 0.25) is 0 Å². The van der Waals surface area contributed by atoms with E-state index in [1.54, 1.807) is 0 Å². The fourth-order valence-electron chi connectivity index (χ4n) is 5.59. The Hall–Kier alpha value is -1.25. The van der Waals surface area contributed by atoms with E-state index in [-0.39, 0.29) is 0 Å². The second-order valence-electron chi connectivity index (χ2n) is 7.15. The maximum Gasteiger partial charge on any atom is 0.125 e. The number of hydrogen-bond acceptors (Lipinski definition) is 3. The molecule has 0 radical (unpaired) electrons. The summed E-state index contributed by atoms with van der Waals surface area (Å²) in [6, 6.07) is 4.93. The number of hydrogen-bond donors (Lipinski definition) is 1. The summed E-state index contributed by atoms with van der Waals surface area (Å²) in [5.74, 6) is 4.55. The van der Waals surface area contributed by atoms with Gasteiger partial charge in [-0.15, -0.1) is 0 Å². The Kier molecular flexibility index (Phi) is 2.90. The van der Waals surface area contributed by atoms with E-state index in [1.807, 2.05) is 6.20 Å². The van der Waals surface area contributed by atoms with Crippen LogP contribution >= 0.6 is 0 Å². The van der Waals surface area contributed by atoms with Crippen LogP contribution in [-0.4, -0.2) is 17.6 Å². The van der Waals surface area contributed by atoms with Gasteiger partial charge < -0.3 is 10.6 Å². The Balaban J connectivity index is 1.65. The van der Waals surface area contributed by atoms with Crippen molar-refractivity contribution in [3.05, 3.63) is 18.3 Å². The SMILES string of the molecule is CCN(c1ccnc(N)c1)C1C2CC3CC(C2)CC1C3. The van der Waals surface area contributed by atoms with E-state index in [2.05, 4.69) is 28.9 Å². The maximum atomic E-state index is 5.89. The third-order valence-electron chi connectivity index (χ3n) is 5.97. The molecular weight excluding hydrogens is 246 g/mol. The summed E-state index contributed by atoms with van der Waals surface area (Å²) in [6.45, 7) is 3.36. The summed E-state index contributed by atoms with van der Waals surface area (Å²) in [6.07, 6.45) is 9.24. The van der Waals surface area contributed by atoms with Crippen molar-refractivity contribution in [1.82, 2.24) is 4.98 Å². The molecule has 20 heavy (non-hydrogen) atoms. The zero-order valence-electron chi connectivity index (χ0n) is 12.3. The average molecular weight is 271 g/mol. The van der Waals surface area contributed by atoms with Gasteiger partial charge in [0.2, 0.25) is 0 Å². The monoisotopic (exact) mass is 271 g/mol. The Labute approximate surface area is 121 Å². The van der Waals surface area contributed by atoms with Crippen LogP contribution in [0.4, 0.5) is 11.5 Å². The van der Waals surface area contributed by atoms with Crippen LogP contribution in [0.25, 0.3) is 0 Å². The highest BCUT2D eigenvalue weighted by molar-refractivity contribution is 5.53. The first-order valence-electron chi connectivity index (χ1n) is 8.22. The Bertz CT molecular complexity index is 471. The minimum Gasteiger partial charge on any atom is -0.384 e. The van der Waals surface area contributed by atoms with Crippen LogP contribution in [0.3, 0.4) is 0 Å². The van der Waals surface area contributed by atoms with E-state index in [0.717, 1.165) is 36.3 Å². The van der Waals surface area contributed by atoms with Gasteiger partial charge in [0.05, 0.1) is 0 Å². The first kappa shape index (κ1) is 12.5. The van der Waals surface area contributed by atoms with Gasteiger partial charge in [-0.2, -0.15) is 0 Å². The number of pyridine rings is 1. The van der Waals surface area contributed by atoms with E-state index >= 15 is 0 Å². The molecule has 3 heteroatoms. The molecule has 1 aromatic rings. The molecule has 1 aromatic heterocycles. The molecule has 4 saturated carbocycles. The first-order valence-corrected chi connectivity index (χ1v) is 8.22. The van der Waals surface area contributed by atoms with Gasteiger partial charge in [0.15, 0.2) is 0 Å². The molecule has 0 atom stereocenters. The quantitative estimate of drug-likeness (QED) is 0.917. The van der Waals surface area contributed by atoms with Crippen molar-refractivity contribution in [2.24, 2.45) is 23.7 Å². The van der Waals surface area contributed by atoms with E-state index in [1.165, 1.54) is 37.8 Å².